The molecule has 0 aromatic rings. The zero-order chi connectivity index (χ0) is 38.7. The van der Waals surface area contributed by atoms with Gasteiger partial charge in [0.25, 0.3) is 0 Å². The smallest absolute Gasteiger partial charge is 0.411 e. The second-order valence-electron chi connectivity index (χ2n) is 20.4. The number of ether oxygens (including phenoxy) is 1. The van der Waals surface area contributed by atoms with E-state index in [4.69, 9.17) is 4.74 Å². The molecule has 0 aromatic heterocycles. The van der Waals surface area contributed by atoms with Crippen LogP contribution in [0.25, 0.3) is 0 Å². The number of fused-ring (bicyclic) bond motifs is 5. The van der Waals surface area contributed by atoms with E-state index in [0.717, 1.165) is 56.0 Å². The van der Waals surface area contributed by atoms with E-state index in [1.807, 2.05) is 53.9 Å². The minimum Gasteiger partial charge on any atom is -0.444 e. The molecule has 5 aliphatic rings. The van der Waals surface area contributed by atoms with Crippen molar-refractivity contribution in [2.24, 2.45) is 46.3 Å². The zero-order valence-electron chi connectivity index (χ0n) is 35.7. The Bertz CT molecular complexity index is 1240. The average molecular weight is 742 g/mol. The van der Waals surface area contributed by atoms with Crippen molar-refractivity contribution in [1.82, 2.24) is 24.9 Å². The second-order valence-corrected chi connectivity index (χ2v) is 20.4. The lowest BCUT2D eigenvalue weighted by Gasteiger charge is -2.61. The number of nitrogens with one attached hydrogen (secondary N) is 1. The van der Waals surface area contributed by atoms with Gasteiger partial charge in [0.05, 0.1) is 0 Å². The first-order valence-electron chi connectivity index (χ1n) is 21.8. The fourth-order valence-electron chi connectivity index (χ4n) is 12.5. The maximum Gasteiger partial charge on any atom is 0.411 e. The van der Waals surface area contributed by atoms with Crippen LogP contribution in [0.4, 0.5) is 4.79 Å². The Balaban J connectivity index is 1.19. The summed E-state index contributed by atoms with van der Waals surface area (Å²) in [5.74, 6) is 4.81. The van der Waals surface area contributed by atoms with Crippen molar-refractivity contribution in [2.75, 3.05) is 60.9 Å². The molecule has 304 valence electrons. The van der Waals surface area contributed by atoms with Gasteiger partial charge in [-0.1, -0.05) is 33.6 Å². The molecule has 10 atom stereocenters. The quantitative estimate of drug-likeness (QED) is 0.197. The van der Waals surface area contributed by atoms with Crippen molar-refractivity contribution in [3.05, 3.63) is 0 Å². The topological polar surface area (TPSA) is 85.4 Å². The molecule has 9 nitrogen and oxygen atoms in total. The summed E-state index contributed by atoms with van der Waals surface area (Å²) in [5.41, 5.74) is 0.290. The number of carbonyl (C=O) groups excluding carboxylic acids is 3. The third kappa shape index (κ3) is 9.93. The van der Waals surface area contributed by atoms with E-state index < -0.39 is 17.7 Å². The Morgan fingerprint density at radius 2 is 1.49 bits per heavy atom. The van der Waals surface area contributed by atoms with Crippen molar-refractivity contribution in [1.29, 1.82) is 0 Å². The Labute approximate surface area is 324 Å². The summed E-state index contributed by atoms with van der Waals surface area (Å²) in [5, 5.41) is 3.27. The summed E-state index contributed by atoms with van der Waals surface area (Å²) < 4.78 is 5.80. The molecular weight excluding hydrogens is 663 g/mol. The van der Waals surface area contributed by atoms with Gasteiger partial charge in [-0.15, -0.1) is 0 Å². The molecule has 5 fully saturated rings. The molecule has 1 heterocycles. The van der Waals surface area contributed by atoms with Crippen molar-refractivity contribution in [3.8, 4) is 0 Å². The van der Waals surface area contributed by atoms with Crippen LogP contribution < -0.4 is 5.32 Å². The lowest BCUT2D eigenvalue weighted by atomic mass is 9.44. The molecule has 4 aliphatic carbocycles. The molecule has 4 saturated carbocycles. The van der Waals surface area contributed by atoms with E-state index >= 15 is 0 Å². The maximum absolute atomic E-state index is 14.2. The molecule has 0 aromatic carbocycles. The Hall–Kier alpha value is -1.87. The average Bonchev–Trinajstić information content (AvgIpc) is 3.66. The zero-order valence-corrected chi connectivity index (χ0v) is 35.7. The normalized spacial score (nSPS) is 34.7. The summed E-state index contributed by atoms with van der Waals surface area (Å²) in [6.45, 7) is 16.6. The molecule has 0 radical (unpaired) electrons. The molecule has 0 bridgehead atoms. The summed E-state index contributed by atoms with van der Waals surface area (Å²) in [6, 6.07) is -0.922. The highest BCUT2D eigenvalue weighted by atomic mass is 16.6. The molecule has 3 amide bonds. The van der Waals surface area contributed by atoms with Crippen LogP contribution in [0.15, 0.2) is 0 Å². The SMILES string of the molecule is C[C@H](CCC(=O)N[C@H]1C[C@@H](C(=O)N(CCCN(C)C)CCCN(C)C)N(C(=O)OC(C)(C)C)C1)[C@H]1CCC2C3CCC4CCCC[C@]4(C)C3CC[C@@]21C. The number of amides is 3. The van der Waals surface area contributed by atoms with E-state index in [9.17, 15) is 14.4 Å². The molecule has 5 rings (SSSR count). The number of nitrogens with zero attached hydrogens (tertiary/aromatic N) is 4. The van der Waals surface area contributed by atoms with Crippen LogP contribution >= 0.6 is 0 Å². The van der Waals surface area contributed by atoms with Crippen LogP contribution in [-0.4, -0.2) is 116 Å². The van der Waals surface area contributed by atoms with Crippen LogP contribution in [0, 0.1) is 46.3 Å². The molecule has 1 aliphatic heterocycles. The first kappa shape index (κ1) is 42.3. The van der Waals surface area contributed by atoms with Gasteiger partial charge in [-0.3, -0.25) is 14.5 Å². The van der Waals surface area contributed by atoms with Crippen molar-refractivity contribution < 1.29 is 19.1 Å². The van der Waals surface area contributed by atoms with Gasteiger partial charge in [-0.25, -0.2) is 4.79 Å². The van der Waals surface area contributed by atoms with Gasteiger partial charge in [0.2, 0.25) is 11.8 Å². The number of hydrogen-bond acceptors (Lipinski definition) is 6. The molecule has 1 saturated heterocycles. The van der Waals surface area contributed by atoms with E-state index in [1.165, 1.54) is 64.2 Å². The number of carbonyl (C=O) groups is 3. The lowest BCUT2D eigenvalue weighted by Crippen LogP contribution is -2.53. The molecular formula is C44H79N5O4. The van der Waals surface area contributed by atoms with Gasteiger partial charge in [0.1, 0.15) is 11.6 Å². The third-order valence-corrected chi connectivity index (χ3v) is 15.1. The van der Waals surface area contributed by atoms with Crippen LogP contribution in [0.2, 0.25) is 0 Å². The number of likely N-dealkylation sites (tertiary alicyclic amines) is 1. The predicted octanol–water partition coefficient (Wildman–Crippen LogP) is 7.68. The van der Waals surface area contributed by atoms with Gasteiger partial charge < -0.3 is 24.8 Å². The van der Waals surface area contributed by atoms with E-state index in [0.29, 0.717) is 55.1 Å². The largest absolute Gasteiger partial charge is 0.444 e. The van der Waals surface area contributed by atoms with Gasteiger partial charge in [0, 0.05) is 32.1 Å². The summed E-state index contributed by atoms with van der Waals surface area (Å²) in [7, 11) is 8.18. The molecule has 4 unspecified atom stereocenters. The van der Waals surface area contributed by atoms with Gasteiger partial charge in [-0.05, 0) is 185 Å². The standard InChI is InChI=1S/C44H79N5O4/c1-31(35-19-20-36-34-18-17-32-15-11-12-23-43(32,5)37(34)22-24-44(35,36)6)16-21-39(50)45-33-29-38(49(30-33)41(52)53-42(2,3)4)40(51)48(27-13-25-46(7)8)28-14-26-47(9)10/h31-38H,11-30H2,1-10H3,(H,45,50)/t31-,32?,33+,34?,35-,36?,37?,38+,43+,44-/m1/s1. The molecule has 9 heteroatoms. The van der Waals surface area contributed by atoms with Crippen molar-refractivity contribution in [3.63, 3.8) is 0 Å². The molecule has 0 spiro atoms. The Kier molecular flexibility index (Phi) is 14.0. The monoisotopic (exact) mass is 742 g/mol. The third-order valence-electron chi connectivity index (χ3n) is 15.1. The minimum absolute atomic E-state index is 0.0385. The fourth-order valence-corrected chi connectivity index (χ4v) is 12.5. The Morgan fingerprint density at radius 3 is 2.13 bits per heavy atom. The van der Waals surface area contributed by atoms with Gasteiger partial charge in [-0.2, -0.15) is 0 Å². The number of hydrogen-bond donors (Lipinski definition) is 1. The van der Waals surface area contributed by atoms with Crippen molar-refractivity contribution in [2.45, 2.75) is 156 Å². The van der Waals surface area contributed by atoms with E-state index in [-0.39, 0.29) is 17.9 Å². The van der Waals surface area contributed by atoms with Gasteiger partial charge in [0.15, 0.2) is 0 Å². The maximum atomic E-state index is 14.2. The fraction of sp³-hybridized carbons (Fsp3) is 0.932. The summed E-state index contributed by atoms with van der Waals surface area (Å²) in [6.07, 6.45) is 17.2. The molecule has 53 heavy (non-hydrogen) atoms. The van der Waals surface area contributed by atoms with E-state index in [1.54, 1.807) is 4.90 Å². The highest BCUT2D eigenvalue weighted by molar-refractivity contribution is 5.87. The minimum atomic E-state index is -0.679. The first-order valence-corrected chi connectivity index (χ1v) is 21.8. The number of rotatable bonds is 14. The first-order chi connectivity index (χ1) is 24.9. The van der Waals surface area contributed by atoms with Crippen LogP contribution in [-0.2, 0) is 14.3 Å². The predicted molar refractivity (Wildman–Crippen MR) is 214 cm³/mol. The summed E-state index contributed by atoms with van der Waals surface area (Å²) in [4.78, 5) is 49.2. The highest BCUT2D eigenvalue weighted by Crippen LogP contribution is 2.68. The second kappa shape index (κ2) is 17.5. The van der Waals surface area contributed by atoms with Crippen LogP contribution in [0.5, 0.6) is 0 Å². The lowest BCUT2D eigenvalue weighted by molar-refractivity contribution is -0.136. The highest BCUT2D eigenvalue weighted by Gasteiger charge is 2.60. The van der Waals surface area contributed by atoms with Crippen LogP contribution in [0.1, 0.15) is 138 Å². The summed E-state index contributed by atoms with van der Waals surface area (Å²) >= 11 is 0. The van der Waals surface area contributed by atoms with Crippen molar-refractivity contribution >= 4 is 17.9 Å². The Morgan fingerprint density at radius 1 is 0.830 bits per heavy atom. The molecule has 1 N–H and O–H groups in total. The van der Waals surface area contributed by atoms with E-state index in [2.05, 4.69) is 35.9 Å². The van der Waals surface area contributed by atoms with Crippen LogP contribution in [0.3, 0.4) is 0 Å². The van der Waals surface area contributed by atoms with Gasteiger partial charge >= 0.3 is 6.09 Å².